The molecule has 20 heavy (non-hydrogen) atoms. The molecule has 1 aliphatic heterocycles. The lowest BCUT2D eigenvalue weighted by Crippen LogP contribution is -2.29. The van der Waals surface area contributed by atoms with E-state index in [1.165, 1.54) is 10.5 Å². The van der Waals surface area contributed by atoms with Crippen molar-refractivity contribution >= 4 is 27.7 Å². The first-order valence-corrected chi connectivity index (χ1v) is 8.50. The van der Waals surface area contributed by atoms with Gasteiger partial charge in [-0.2, -0.15) is 0 Å². The first-order chi connectivity index (χ1) is 9.72. The van der Waals surface area contributed by atoms with E-state index in [0.717, 1.165) is 22.6 Å². The molecule has 0 fully saturated rings. The summed E-state index contributed by atoms with van der Waals surface area (Å²) in [4.78, 5) is 1.40. The highest BCUT2D eigenvalue weighted by atomic mass is 79.9. The molecule has 1 N–H and O–H groups in total. The van der Waals surface area contributed by atoms with Gasteiger partial charge in [0.15, 0.2) is 4.60 Å². The topological polar surface area (TPSA) is 42.7 Å². The van der Waals surface area contributed by atoms with E-state index < -0.39 is 0 Å². The molecule has 4 nitrogen and oxygen atoms in total. The summed E-state index contributed by atoms with van der Waals surface area (Å²) in [6.45, 7) is 3.06. The molecule has 0 spiro atoms. The van der Waals surface area contributed by atoms with Crippen molar-refractivity contribution in [2.45, 2.75) is 23.8 Å². The Morgan fingerprint density at radius 3 is 3.00 bits per heavy atom. The third-order valence-corrected chi connectivity index (χ3v) is 5.46. The van der Waals surface area contributed by atoms with Crippen LogP contribution < -0.4 is 5.32 Å². The molecule has 3 rings (SSSR count). The second-order valence-electron chi connectivity index (χ2n) is 4.88. The highest BCUT2D eigenvalue weighted by Crippen LogP contribution is 2.46. The molecule has 0 saturated carbocycles. The van der Waals surface area contributed by atoms with E-state index in [0.29, 0.717) is 5.92 Å². The molecule has 0 radical (unpaired) electrons. The van der Waals surface area contributed by atoms with Crippen LogP contribution >= 0.6 is 27.7 Å². The van der Waals surface area contributed by atoms with Crippen molar-refractivity contribution in [2.24, 2.45) is 7.05 Å². The highest BCUT2D eigenvalue weighted by Gasteiger charge is 2.34. The van der Waals surface area contributed by atoms with Gasteiger partial charge in [0.2, 0.25) is 0 Å². The van der Waals surface area contributed by atoms with Crippen LogP contribution in [-0.4, -0.2) is 27.3 Å². The number of fused-ring (bicyclic) bond motifs is 1. The molecular formula is C14H17BrN4S. The molecular weight excluding hydrogens is 336 g/mol. The monoisotopic (exact) mass is 352 g/mol. The van der Waals surface area contributed by atoms with Crippen LogP contribution in [-0.2, 0) is 7.05 Å². The Morgan fingerprint density at radius 2 is 2.30 bits per heavy atom. The van der Waals surface area contributed by atoms with Gasteiger partial charge in [-0.3, -0.25) is 0 Å². The normalized spacial score (nSPS) is 19.1. The van der Waals surface area contributed by atoms with Gasteiger partial charge in [-0.05, 0) is 34.1 Å². The van der Waals surface area contributed by atoms with Crippen molar-refractivity contribution in [3.63, 3.8) is 0 Å². The zero-order valence-corrected chi connectivity index (χ0v) is 13.9. The minimum absolute atomic E-state index is 0.227. The van der Waals surface area contributed by atoms with Gasteiger partial charge in [0, 0.05) is 23.6 Å². The molecule has 1 aliphatic rings. The zero-order chi connectivity index (χ0) is 14.1. The number of nitrogens with one attached hydrogen (secondary N) is 1. The first kappa shape index (κ1) is 14.1. The Kier molecular flexibility index (Phi) is 4.14. The number of rotatable bonds is 4. The van der Waals surface area contributed by atoms with E-state index >= 15 is 0 Å². The Morgan fingerprint density at radius 1 is 1.50 bits per heavy atom. The van der Waals surface area contributed by atoms with E-state index in [1.807, 2.05) is 23.5 Å². The summed E-state index contributed by atoms with van der Waals surface area (Å²) in [7, 11) is 1.95. The third kappa shape index (κ3) is 2.40. The summed E-state index contributed by atoms with van der Waals surface area (Å²) in [6, 6.07) is 8.90. The van der Waals surface area contributed by atoms with E-state index in [-0.39, 0.29) is 6.04 Å². The molecule has 1 aromatic heterocycles. The summed E-state index contributed by atoms with van der Waals surface area (Å²) in [5, 5.41) is 11.9. The maximum Gasteiger partial charge on any atom is 0.153 e. The lowest BCUT2D eigenvalue weighted by Gasteiger charge is -2.25. The number of aryl methyl sites for hydroxylation is 1. The van der Waals surface area contributed by atoms with Crippen LogP contribution in [0.25, 0.3) is 0 Å². The molecule has 0 amide bonds. The fraction of sp³-hybridized carbons (Fsp3) is 0.429. The van der Waals surface area contributed by atoms with Gasteiger partial charge in [0.25, 0.3) is 0 Å². The van der Waals surface area contributed by atoms with Gasteiger partial charge in [-0.15, -0.1) is 16.9 Å². The number of aromatic nitrogens is 3. The molecule has 2 atom stereocenters. The number of benzene rings is 1. The maximum atomic E-state index is 4.13. The smallest absolute Gasteiger partial charge is 0.153 e. The van der Waals surface area contributed by atoms with Crippen molar-refractivity contribution in [3.8, 4) is 0 Å². The second-order valence-corrected chi connectivity index (χ2v) is 6.69. The average Bonchev–Trinajstić information content (AvgIpc) is 3.01. The molecule has 6 heteroatoms. The van der Waals surface area contributed by atoms with E-state index in [1.54, 1.807) is 0 Å². The van der Waals surface area contributed by atoms with Gasteiger partial charge in [0.1, 0.15) is 0 Å². The molecule has 106 valence electrons. The fourth-order valence-corrected chi connectivity index (χ4v) is 4.65. The summed E-state index contributed by atoms with van der Waals surface area (Å²) < 4.78 is 2.70. The van der Waals surface area contributed by atoms with Crippen LogP contribution in [0.4, 0.5) is 0 Å². The van der Waals surface area contributed by atoms with Crippen molar-refractivity contribution in [3.05, 3.63) is 40.1 Å². The summed E-state index contributed by atoms with van der Waals surface area (Å²) in [6.07, 6.45) is 0. The van der Waals surface area contributed by atoms with Crippen molar-refractivity contribution in [1.82, 2.24) is 20.3 Å². The van der Waals surface area contributed by atoms with Crippen LogP contribution in [0, 0.1) is 0 Å². The van der Waals surface area contributed by atoms with E-state index in [2.05, 4.69) is 62.7 Å². The van der Waals surface area contributed by atoms with Crippen molar-refractivity contribution in [1.29, 1.82) is 0 Å². The van der Waals surface area contributed by atoms with Gasteiger partial charge < -0.3 is 5.32 Å². The number of hydrogen-bond acceptors (Lipinski definition) is 4. The SMILES string of the molecule is CCNC(c1c(Br)nnn1C)C1CSc2ccccc21. The second kappa shape index (κ2) is 5.87. The minimum Gasteiger partial charge on any atom is -0.308 e. The van der Waals surface area contributed by atoms with Crippen LogP contribution in [0.1, 0.15) is 30.1 Å². The maximum absolute atomic E-state index is 4.13. The highest BCUT2D eigenvalue weighted by molar-refractivity contribution is 9.10. The van der Waals surface area contributed by atoms with Gasteiger partial charge in [-0.25, -0.2) is 4.68 Å². The fourth-order valence-electron chi connectivity index (χ4n) is 2.78. The zero-order valence-electron chi connectivity index (χ0n) is 11.5. The molecule has 0 aliphatic carbocycles. The molecule has 2 heterocycles. The Labute approximate surface area is 131 Å². The molecule has 2 aromatic rings. The van der Waals surface area contributed by atoms with Gasteiger partial charge in [0.05, 0.1) is 11.7 Å². The number of halogens is 1. The summed E-state index contributed by atoms with van der Waals surface area (Å²) >= 11 is 5.47. The lowest BCUT2D eigenvalue weighted by molar-refractivity contribution is 0.452. The number of thioether (sulfide) groups is 1. The average molecular weight is 353 g/mol. The summed E-state index contributed by atoms with van der Waals surface area (Å²) in [5.41, 5.74) is 2.55. The summed E-state index contributed by atoms with van der Waals surface area (Å²) in [5.74, 6) is 1.54. The van der Waals surface area contributed by atoms with Gasteiger partial charge >= 0.3 is 0 Å². The molecule has 1 aromatic carbocycles. The quantitative estimate of drug-likeness (QED) is 0.917. The standard InChI is InChI=1S/C14H17BrN4S/c1-3-16-12(13-14(15)17-18-19(13)2)10-8-20-11-7-5-4-6-9(10)11/h4-7,10,12,16H,3,8H2,1-2H3. The van der Waals surface area contributed by atoms with Crippen LogP contribution in [0.2, 0.25) is 0 Å². The number of likely N-dealkylation sites (N-methyl/N-ethyl adjacent to an activating group) is 1. The Hall–Kier alpha value is -0.850. The van der Waals surface area contributed by atoms with Crippen molar-refractivity contribution in [2.75, 3.05) is 12.3 Å². The van der Waals surface area contributed by atoms with Crippen molar-refractivity contribution < 1.29 is 0 Å². The molecule has 2 unspecified atom stereocenters. The van der Waals surface area contributed by atoms with Crippen LogP contribution in [0.5, 0.6) is 0 Å². The molecule has 0 bridgehead atoms. The number of hydrogen-bond donors (Lipinski definition) is 1. The van der Waals surface area contributed by atoms with Gasteiger partial charge in [-0.1, -0.05) is 30.3 Å². The van der Waals surface area contributed by atoms with Crippen LogP contribution in [0.3, 0.4) is 0 Å². The van der Waals surface area contributed by atoms with E-state index in [9.17, 15) is 0 Å². The predicted octanol–water partition coefficient (Wildman–Crippen LogP) is 3.12. The van der Waals surface area contributed by atoms with E-state index in [4.69, 9.17) is 0 Å². The minimum atomic E-state index is 0.227. The first-order valence-electron chi connectivity index (χ1n) is 6.72. The number of nitrogens with zero attached hydrogens (tertiary/aromatic N) is 3. The molecule has 0 saturated heterocycles. The third-order valence-electron chi connectivity index (χ3n) is 3.68. The lowest BCUT2D eigenvalue weighted by atomic mass is 9.91. The Bertz CT molecular complexity index is 593. The Balaban J connectivity index is 2.01. The van der Waals surface area contributed by atoms with Crippen LogP contribution in [0.15, 0.2) is 33.8 Å². The largest absolute Gasteiger partial charge is 0.308 e. The predicted molar refractivity (Wildman–Crippen MR) is 85.0 cm³/mol.